The Kier molecular flexibility index (Phi) is 3.01. The lowest BCUT2D eigenvalue weighted by atomic mass is 10.1. The lowest BCUT2D eigenvalue weighted by Gasteiger charge is -2.02. The Hall–Kier alpha value is -1.29. The van der Waals surface area contributed by atoms with Gasteiger partial charge in [-0.05, 0) is 24.3 Å². The molecule has 16 heavy (non-hydrogen) atoms. The SMILES string of the molecule is CC(CC(=O)O)c1cc2ccc(Br)cc2o1. The lowest BCUT2D eigenvalue weighted by molar-refractivity contribution is -0.137. The van der Waals surface area contributed by atoms with Crippen molar-refractivity contribution in [2.45, 2.75) is 19.3 Å². The van der Waals surface area contributed by atoms with E-state index in [0.29, 0.717) is 0 Å². The van der Waals surface area contributed by atoms with Crippen LogP contribution in [0, 0.1) is 0 Å². The first kappa shape index (κ1) is 11.2. The summed E-state index contributed by atoms with van der Waals surface area (Å²) >= 11 is 3.36. The molecule has 1 aromatic carbocycles. The van der Waals surface area contributed by atoms with Gasteiger partial charge >= 0.3 is 5.97 Å². The predicted octanol–water partition coefficient (Wildman–Crippen LogP) is 3.77. The molecular formula is C12H11BrO3. The van der Waals surface area contributed by atoms with Crippen LogP contribution in [0.25, 0.3) is 11.0 Å². The highest BCUT2D eigenvalue weighted by molar-refractivity contribution is 9.10. The maximum Gasteiger partial charge on any atom is 0.304 e. The second kappa shape index (κ2) is 4.29. The second-order valence-corrected chi connectivity index (χ2v) is 4.75. The van der Waals surface area contributed by atoms with Crippen LogP contribution in [0.2, 0.25) is 0 Å². The standard InChI is InChI=1S/C12H11BrO3/c1-7(4-12(14)15)10-5-8-2-3-9(13)6-11(8)16-10/h2-3,5-7H,4H2,1H3,(H,14,15). The third kappa shape index (κ3) is 2.27. The average molecular weight is 283 g/mol. The molecule has 0 aliphatic rings. The summed E-state index contributed by atoms with van der Waals surface area (Å²) in [7, 11) is 0. The molecule has 1 atom stereocenters. The van der Waals surface area contributed by atoms with Crippen molar-refractivity contribution in [3.05, 3.63) is 34.5 Å². The number of carbonyl (C=O) groups is 1. The highest BCUT2D eigenvalue weighted by Gasteiger charge is 2.14. The Balaban J connectivity index is 2.35. The van der Waals surface area contributed by atoms with E-state index in [1.165, 1.54) is 0 Å². The van der Waals surface area contributed by atoms with Gasteiger partial charge in [-0.3, -0.25) is 4.79 Å². The van der Waals surface area contributed by atoms with E-state index in [1.54, 1.807) is 0 Å². The van der Waals surface area contributed by atoms with E-state index in [2.05, 4.69) is 15.9 Å². The van der Waals surface area contributed by atoms with Crippen molar-refractivity contribution in [2.24, 2.45) is 0 Å². The van der Waals surface area contributed by atoms with Crippen molar-refractivity contribution >= 4 is 32.9 Å². The van der Waals surface area contributed by atoms with Crippen molar-refractivity contribution in [1.29, 1.82) is 0 Å². The smallest absolute Gasteiger partial charge is 0.304 e. The topological polar surface area (TPSA) is 50.4 Å². The molecule has 1 N–H and O–H groups in total. The third-order valence-corrected chi connectivity index (χ3v) is 2.96. The Morgan fingerprint density at radius 1 is 1.50 bits per heavy atom. The van der Waals surface area contributed by atoms with E-state index in [4.69, 9.17) is 9.52 Å². The molecule has 0 spiro atoms. The fourth-order valence-electron chi connectivity index (χ4n) is 1.63. The Morgan fingerprint density at radius 2 is 2.25 bits per heavy atom. The first-order valence-electron chi connectivity index (χ1n) is 4.97. The summed E-state index contributed by atoms with van der Waals surface area (Å²) in [6.45, 7) is 1.85. The summed E-state index contributed by atoms with van der Waals surface area (Å²) in [5, 5.41) is 9.71. The second-order valence-electron chi connectivity index (χ2n) is 3.83. The van der Waals surface area contributed by atoms with Crippen molar-refractivity contribution in [3.8, 4) is 0 Å². The number of benzene rings is 1. The van der Waals surface area contributed by atoms with Crippen LogP contribution in [0.3, 0.4) is 0 Å². The molecule has 2 aromatic rings. The Bertz CT molecular complexity index is 530. The van der Waals surface area contributed by atoms with Crippen LogP contribution in [0.1, 0.15) is 25.0 Å². The fourth-order valence-corrected chi connectivity index (χ4v) is 1.97. The molecule has 2 rings (SSSR count). The quantitative estimate of drug-likeness (QED) is 0.932. The number of hydrogen-bond donors (Lipinski definition) is 1. The van der Waals surface area contributed by atoms with E-state index in [-0.39, 0.29) is 12.3 Å². The molecule has 0 aliphatic heterocycles. The third-order valence-electron chi connectivity index (χ3n) is 2.47. The predicted molar refractivity (Wildman–Crippen MR) is 64.6 cm³/mol. The molecule has 1 heterocycles. The lowest BCUT2D eigenvalue weighted by Crippen LogP contribution is -2.01. The summed E-state index contributed by atoms with van der Waals surface area (Å²) in [6, 6.07) is 7.66. The van der Waals surface area contributed by atoms with E-state index in [0.717, 1.165) is 21.2 Å². The van der Waals surface area contributed by atoms with Gasteiger partial charge in [-0.25, -0.2) is 0 Å². The zero-order valence-electron chi connectivity index (χ0n) is 8.74. The highest BCUT2D eigenvalue weighted by atomic mass is 79.9. The molecular weight excluding hydrogens is 272 g/mol. The van der Waals surface area contributed by atoms with Gasteiger partial charge in [-0.1, -0.05) is 22.9 Å². The van der Waals surface area contributed by atoms with Crippen molar-refractivity contribution in [3.63, 3.8) is 0 Å². The first-order valence-corrected chi connectivity index (χ1v) is 5.76. The molecule has 0 radical (unpaired) electrons. The number of rotatable bonds is 3. The van der Waals surface area contributed by atoms with Gasteiger partial charge in [-0.2, -0.15) is 0 Å². The number of furan rings is 1. The number of fused-ring (bicyclic) bond motifs is 1. The highest BCUT2D eigenvalue weighted by Crippen LogP contribution is 2.28. The molecule has 84 valence electrons. The van der Waals surface area contributed by atoms with Crippen LogP contribution in [0.15, 0.2) is 33.2 Å². The largest absolute Gasteiger partial charge is 0.481 e. The Labute approximate surface area is 101 Å². The van der Waals surface area contributed by atoms with Crippen LogP contribution in [0.5, 0.6) is 0 Å². The molecule has 4 heteroatoms. The molecule has 0 saturated carbocycles. The molecule has 0 aliphatic carbocycles. The molecule has 0 saturated heterocycles. The van der Waals surface area contributed by atoms with Gasteiger partial charge in [0, 0.05) is 15.8 Å². The number of hydrogen-bond acceptors (Lipinski definition) is 2. The van der Waals surface area contributed by atoms with E-state index in [9.17, 15) is 4.79 Å². The van der Waals surface area contributed by atoms with E-state index < -0.39 is 5.97 Å². The average Bonchev–Trinajstić information content (AvgIpc) is 2.59. The minimum atomic E-state index is -0.811. The van der Waals surface area contributed by atoms with Gasteiger partial charge in [0.2, 0.25) is 0 Å². The van der Waals surface area contributed by atoms with Gasteiger partial charge < -0.3 is 9.52 Å². The minimum absolute atomic E-state index is 0.0843. The minimum Gasteiger partial charge on any atom is -0.481 e. The molecule has 3 nitrogen and oxygen atoms in total. The van der Waals surface area contributed by atoms with Gasteiger partial charge in [0.25, 0.3) is 0 Å². The zero-order valence-corrected chi connectivity index (χ0v) is 10.3. The van der Waals surface area contributed by atoms with Crippen LogP contribution in [-0.4, -0.2) is 11.1 Å². The monoisotopic (exact) mass is 282 g/mol. The fraction of sp³-hybridized carbons (Fsp3) is 0.250. The van der Waals surface area contributed by atoms with E-state index in [1.807, 2.05) is 31.2 Å². The van der Waals surface area contributed by atoms with Crippen LogP contribution < -0.4 is 0 Å². The number of carboxylic acids is 1. The van der Waals surface area contributed by atoms with Gasteiger partial charge in [0.1, 0.15) is 11.3 Å². The summed E-state index contributed by atoms with van der Waals surface area (Å²) in [5.41, 5.74) is 0.779. The van der Waals surface area contributed by atoms with Crippen LogP contribution in [0.4, 0.5) is 0 Å². The summed E-state index contributed by atoms with van der Waals surface area (Å²) in [5.74, 6) is -0.201. The molecule has 1 aromatic heterocycles. The van der Waals surface area contributed by atoms with Gasteiger partial charge in [0.15, 0.2) is 0 Å². The Morgan fingerprint density at radius 3 is 2.94 bits per heavy atom. The molecule has 0 amide bonds. The number of aliphatic carboxylic acids is 1. The zero-order chi connectivity index (χ0) is 11.7. The summed E-state index contributed by atoms with van der Waals surface area (Å²) in [6.07, 6.45) is 0.0843. The van der Waals surface area contributed by atoms with E-state index >= 15 is 0 Å². The van der Waals surface area contributed by atoms with Gasteiger partial charge in [0.05, 0.1) is 6.42 Å². The molecule has 1 unspecified atom stereocenters. The number of halogens is 1. The first-order chi connectivity index (χ1) is 7.56. The van der Waals surface area contributed by atoms with Crippen molar-refractivity contribution < 1.29 is 14.3 Å². The normalized spacial score (nSPS) is 12.9. The van der Waals surface area contributed by atoms with Gasteiger partial charge in [-0.15, -0.1) is 0 Å². The van der Waals surface area contributed by atoms with Crippen molar-refractivity contribution in [1.82, 2.24) is 0 Å². The van der Waals surface area contributed by atoms with Crippen molar-refractivity contribution in [2.75, 3.05) is 0 Å². The van der Waals surface area contributed by atoms with Crippen LogP contribution in [-0.2, 0) is 4.79 Å². The molecule has 0 bridgehead atoms. The maximum absolute atomic E-state index is 10.6. The summed E-state index contributed by atoms with van der Waals surface area (Å²) < 4.78 is 6.57. The number of carboxylic acid groups (broad SMARTS) is 1. The van der Waals surface area contributed by atoms with Crippen LogP contribution >= 0.6 is 15.9 Å². The summed E-state index contributed by atoms with van der Waals surface area (Å²) in [4.78, 5) is 10.6. The molecule has 0 fully saturated rings. The maximum atomic E-state index is 10.6.